The third-order valence-electron chi connectivity index (χ3n) is 5.10. The lowest BCUT2D eigenvalue weighted by Crippen LogP contribution is -2.52. The van der Waals surface area contributed by atoms with Gasteiger partial charge in [-0.25, -0.2) is 10.4 Å². The normalized spacial score (nSPS) is 20.6. The zero-order valence-corrected chi connectivity index (χ0v) is 16.3. The van der Waals surface area contributed by atoms with Crippen LogP contribution in [-0.4, -0.2) is 47.9 Å². The van der Waals surface area contributed by atoms with Gasteiger partial charge in [-0.1, -0.05) is 29.8 Å². The van der Waals surface area contributed by atoms with E-state index in [0.29, 0.717) is 17.9 Å². The first-order valence-corrected chi connectivity index (χ1v) is 9.44. The molecule has 0 spiro atoms. The van der Waals surface area contributed by atoms with Gasteiger partial charge in [0.15, 0.2) is 0 Å². The summed E-state index contributed by atoms with van der Waals surface area (Å²) >= 11 is 0. The summed E-state index contributed by atoms with van der Waals surface area (Å²) in [5.41, 5.74) is 6.25. The van der Waals surface area contributed by atoms with Gasteiger partial charge in [-0.2, -0.15) is 5.10 Å². The topological polar surface area (TPSA) is 86.3 Å². The zero-order chi connectivity index (χ0) is 20.4. The molecule has 8 nitrogen and oxygen atoms in total. The second-order valence-electron chi connectivity index (χ2n) is 7.15. The summed E-state index contributed by atoms with van der Waals surface area (Å²) in [6.45, 7) is 1.90. The van der Waals surface area contributed by atoms with Gasteiger partial charge >= 0.3 is 0 Å². The Kier molecular flexibility index (Phi) is 5.18. The van der Waals surface area contributed by atoms with Crippen LogP contribution in [0.3, 0.4) is 0 Å². The van der Waals surface area contributed by atoms with Gasteiger partial charge in [0.05, 0.1) is 13.2 Å². The molecule has 150 valence electrons. The van der Waals surface area contributed by atoms with E-state index in [1.807, 2.05) is 6.92 Å². The maximum atomic E-state index is 12.8. The van der Waals surface area contributed by atoms with Crippen molar-refractivity contribution in [2.45, 2.75) is 25.4 Å². The lowest BCUT2D eigenvalue weighted by Gasteiger charge is -2.29. The van der Waals surface area contributed by atoms with E-state index >= 15 is 0 Å². The number of amides is 2. The number of hydrogen-bond acceptors (Lipinski definition) is 6. The molecule has 8 heteroatoms. The van der Waals surface area contributed by atoms with Crippen molar-refractivity contribution in [3.63, 3.8) is 0 Å². The van der Waals surface area contributed by atoms with Crippen LogP contribution in [-0.2, 0) is 9.59 Å². The number of carbonyl (C=O) groups is 2. The lowest BCUT2D eigenvalue weighted by molar-refractivity contribution is -0.139. The first-order valence-electron chi connectivity index (χ1n) is 9.44. The fourth-order valence-corrected chi connectivity index (χ4v) is 3.48. The molecule has 2 unspecified atom stereocenters. The Bertz CT molecular complexity index is 926. The SMILES string of the molecule is COc1ccc(NC(=O)CN2N=CN3NC(c4ccc(C)cc4)CC3C2=O)cc1. The third-order valence-corrected chi connectivity index (χ3v) is 5.10. The summed E-state index contributed by atoms with van der Waals surface area (Å²) in [5, 5.41) is 9.86. The minimum atomic E-state index is -0.382. The molecular formula is C21H23N5O3. The second kappa shape index (κ2) is 7.92. The van der Waals surface area contributed by atoms with Crippen molar-refractivity contribution in [3.05, 3.63) is 59.7 Å². The van der Waals surface area contributed by atoms with Gasteiger partial charge in [-0.15, -0.1) is 0 Å². The molecular weight excluding hydrogens is 370 g/mol. The summed E-state index contributed by atoms with van der Waals surface area (Å²) in [5.74, 6) is 0.199. The van der Waals surface area contributed by atoms with Crippen LogP contribution in [0.1, 0.15) is 23.6 Å². The van der Waals surface area contributed by atoms with E-state index in [1.165, 1.54) is 10.6 Å². The number of fused-ring (bicyclic) bond motifs is 1. The number of nitrogens with zero attached hydrogens (tertiary/aromatic N) is 3. The summed E-state index contributed by atoms with van der Waals surface area (Å²) in [7, 11) is 1.58. The van der Waals surface area contributed by atoms with E-state index in [-0.39, 0.29) is 30.4 Å². The lowest BCUT2D eigenvalue weighted by atomic mass is 10.0. The van der Waals surface area contributed by atoms with E-state index < -0.39 is 0 Å². The molecule has 2 atom stereocenters. The van der Waals surface area contributed by atoms with Crippen molar-refractivity contribution in [2.75, 3.05) is 19.0 Å². The Balaban J connectivity index is 1.37. The van der Waals surface area contributed by atoms with Crippen LogP contribution in [0, 0.1) is 6.92 Å². The minimum absolute atomic E-state index is 0.0316. The number of aryl methyl sites for hydroxylation is 1. The number of nitrogens with one attached hydrogen (secondary N) is 2. The highest BCUT2D eigenvalue weighted by molar-refractivity contribution is 5.96. The second-order valence-corrected chi connectivity index (χ2v) is 7.15. The maximum absolute atomic E-state index is 12.8. The van der Waals surface area contributed by atoms with Gasteiger partial charge in [0.2, 0.25) is 5.91 Å². The van der Waals surface area contributed by atoms with E-state index in [0.717, 1.165) is 5.56 Å². The monoisotopic (exact) mass is 393 g/mol. The third kappa shape index (κ3) is 4.07. The van der Waals surface area contributed by atoms with Crippen molar-refractivity contribution in [1.82, 2.24) is 15.4 Å². The fourth-order valence-electron chi connectivity index (χ4n) is 3.48. The van der Waals surface area contributed by atoms with Crippen molar-refractivity contribution >= 4 is 23.8 Å². The van der Waals surface area contributed by atoms with Gasteiger partial charge < -0.3 is 10.1 Å². The van der Waals surface area contributed by atoms with Crippen LogP contribution in [0.15, 0.2) is 53.6 Å². The first kappa shape index (κ1) is 18.9. The molecule has 0 bridgehead atoms. The molecule has 2 aromatic rings. The molecule has 2 aliphatic rings. The molecule has 0 radical (unpaired) electrons. The molecule has 0 saturated carbocycles. The highest BCUT2D eigenvalue weighted by Gasteiger charge is 2.41. The average Bonchev–Trinajstić information content (AvgIpc) is 3.16. The molecule has 1 saturated heterocycles. The smallest absolute Gasteiger partial charge is 0.267 e. The number of carbonyl (C=O) groups excluding carboxylic acids is 2. The summed E-state index contributed by atoms with van der Waals surface area (Å²) in [6, 6.07) is 14.9. The van der Waals surface area contributed by atoms with Crippen LogP contribution in [0.4, 0.5) is 5.69 Å². The van der Waals surface area contributed by atoms with Crippen molar-refractivity contribution in [3.8, 4) is 5.75 Å². The van der Waals surface area contributed by atoms with E-state index in [4.69, 9.17) is 4.74 Å². The molecule has 2 heterocycles. The van der Waals surface area contributed by atoms with Crippen molar-refractivity contribution in [1.29, 1.82) is 0 Å². The van der Waals surface area contributed by atoms with Gasteiger partial charge in [0, 0.05) is 5.69 Å². The molecule has 2 aromatic carbocycles. The highest BCUT2D eigenvalue weighted by Crippen LogP contribution is 2.29. The zero-order valence-electron chi connectivity index (χ0n) is 16.3. The molecule has 2 N–H and O–H groups in total. The van der Waals surface area contributed by atoms with Gasteiger partial charge in [-0.05, 0) is 43.2 Å². The molecule has 29 heavy (non-hydrogen) atoms. The summed E-state index contributed by atoms with van der Waals surface area (Å²) in [4.78, 5) is 25.2. The molecule has 1 fully saturated rings. The molecule has 2 aliphatic heterocycles. The van der Waals surface area contributed by atoms with Crippen LogP contribution in [0.2, 0.25) is 0 Å². The molecule has 2 amide bonds. The van der Waals surface area contributed by atoms with Crippen LogP contribution in [0.25, 0.3) is 0 Å². The number of methoxy groups -OCH3 is 1. The molecule has 0 aromatic heterocycles. The van der Waals surface area contributed by atoms with Crippen molar-refractivity contribution < 1.29 is 14.3 Å². The van der Waals surface area contributed by atoms with E-state index in [2.05, 4.69) is 40.1 Å². The summed E-state index contributed by atoms with van der Waals surface area (Å²) < 4.78 is 5.10. The van der Waals surface area contributed by atoms with Gasteiger partial charge in [0.1, 0.15) is 24.7 Å². The predicted octanol–water partition coefficient (Wildman–Crippen LogP) is 2.05. The Morgan fingerprint density at radius 3 is 2.62 bits per heavy atom. The van der Waals surface area contributed by atoms with Crippen LogP contribution in [0.5, 0.6) is 5.75 Å². The Labute approximate surface area is 169 Å². The number of hydrazine groups is 1. The number of hydrogen-bond donors (Lipinski definition) is 2. The van der Waals surface area contributed by atoms with Crippen LogP contribution >= 0.6 is 0 Å². The largest absolute Gasteiger partial charge is 0.497 e. The Hall–Kier alpha value is -3.39. The van der Waals surface area contributed by atoms with Crippen molar-refractivity contribution in [2.24, 2.45) is 5.10 Å². The van der Waals surface area contributed by atoms with Gasteiger partial charge in [0.25, 0.3) is 5.91 Å². The number of ether oxygens (including phenoxy) is 1. The predicted molar refractivity (Wildman–Crippen MR) is 109 cm³/mol. The van der Waals surface area contributed by atoms with Crippen LogP contribution < -0.4 is 15.5 Å². The Morgan fingerprint density at radius 1 is 1.21 bits per heavy atom. The fraction of sp³-hybridized carbons (Fsp3) is 0.286. The molecule has 0 aliphatic carbocycles. The number of rotatable bonds is 5. The first-order chi connectivity index (χ1) is 14.0. The average molecular weight is 393 g/mol. The molecule has 4 rings (SSSR count). The highest BCUT2D eigenvalue weighted by atomic mass is 16.5. The van der Waals surface area contributed by atoms with E-state index in [1.54, 1.807) is 42.7 Å². The number of benzene rings is 2. The van der Waals surface area contributed by atoms with Gasteiger partial charge in [-0.3, -0.25) is 14.6 Å². The standard InChI is InChI=1S/C21H23N5O3/c1-14-3-5-15(6-4-14)18-11-19-21(28)25(22-13-26(19)24-18)12-20(27)23-16-7-9-17(29-2)10-8-16/h3-10,13,18-19,24H,11-12H2,1-2H3,(H,23,27). The quantitative estimate of drug-likeness (QED) is 0.812. The summed E-state index contributed by atoms with van der Waals surface area (Å²) in [6.07, 6.45) is 2.19. The number of hydrazone groups is 1. The minimum Gasteiger partial charge on any atom is -0.497 e. The maximum Gasteiger partial charge on any atom is 0.267 e. The number of anilines is 1. The Morgan fingerprint density at radius 2 is 1.93 bits per heavy atom. The van der Waals surface area contributed by atoms with E-state index in [9.17, 15) is 9.59 Å².